The Bertz CT molecular complexity index is 566. The summed E-state index contributed by atoms with van der Waals surface area (Å²) in [5.41, 5.74) is 1.03. The first-order valence-electron chi connectivity index (χ1n) is 5.71. The Morgan fingerprint density at radius 2 is 2.11 bits per heavy atom. The van der Waals surface area contributed by atoms with Crippen LogP contribution in [0.5, 0.6) is 0 Å². The zero-order valence-electron chi connectivity index (χ0n) is 10.1. The van der Waals surface area contributed by atoms with Crippen LogP contribution in [0.15, 0.2) is 46.9 Å². The zero-order chi connectivity index (χ0) is 13.5. The minimum atomic E-state index is -0.0490. The van der Waals surface area contributed by atoms with E-state index in [0.717, 1.165) is 5.56 Å². The van der Waals surface area contributed by atoms with Crippen molar-refractivity contribution < 1.29 is 9.63 Å². The first kappa shape index (κ1) is 13.8. The maximum atomic E-state index is 11.7. The fraction of sp³-hybridized carbons (Fsp3) is 0.143. The van der Waals surface area contributed by atoms with Crippen LogP contribution in [-0.4, -0.2) is 12.0 Å². The highest BCUT2D eigenvalue weighted by molar-refractivity contribution is 7.12. The van der Waals surface area contributed by atoms with Gasteiger partial charge in [-0.3, -0.25) is 4.79 Å². The van der Waals surface area contributed by atoms with E-state index in [0.29, 0.717) is 16.5 Å². The maximum absolute atomic E-state index is 11.7. The molecule has 5 heteroatoms. The van der Waals surface area contributed by atoms with E-state index >= 15 is 0 Å². The van der Waals surface area contributed by atoms with Crippen molar-refractivity contribution in [2.24, 2.45) is 5.16 Å². The molecule has 0 aliphatic carbocycles. The van der Waals surface area contributed by atoms with Gasteiger partial charge in [0.1, 0.15) is 6.61 Å². The molecule has 0 aliphatic rings. The molecule has 1 aromatic heterocycles. The summed E-state index contributed by atoms with van der Waals surface area (Å²) in [6.07, 6.45) is 1.65. The Labute approximate surface area is 120 Å². The van der Waals surface area contributed by atoms with Crippen molar-refractivity contribution in [1.29, 1.82) is 0 Å². The van der Waals surface area contributed by atoms with Crippen LogP contribution in [-0.2, 0) is 11.4 Å². The number of hydrogen-bond donors (Lipinski definition) is 0. The van der Waals surface area contributed by atoms with Gasteiger partial charge in [0, 0.05) is 0 Å². The topological polar surface area (TPSA) is 38.7 Å². The van der Waals surface area contributed by atoms with Crippen molar-refractivity contribution >= 4 is 34.9 Å². The third-order valence-corrected chi connectivity index (χ3v) is 3.75. The van der Waals surface area contributed by atoms with E-state index in [9.17, 15) is 4.79 Å². The number of hydrogen-bond acceptors (Lipinski definition) is 4. The molecule has 0 amide bonds. The van der Waals surface area contributed by atoms with Crippen molar-refractivity contribution in [3.8, 4) is 0 Å². The van der Waals surface area contributed by atoms with Gasteiger partial charge in [-0.05, 0) is 17.0 Å². The molecule has 2 rings (SSSR count). The molecule has 0 unspecified atom stereocenters. The highest BCUT2D eigenvalue weighted by Crippen LogP contribution is 2.22. The monoisotopic (exact) mass is 293 g/mol. The molecule has 0 bridgehead atoms. The van der Waals surface area contributed by atoms with E-state index < -0.39 is 0 Å². The largest absolute Gasteiger partial charge is 0.391 e. The summed E-state index contributed by atoms with van der Waals surface area (Å²) in [5.74, 6) is -0.0490. The molecule has 98 valence electrons. The molecule has 19 heavy (non-hydrogen) atoms. The van der Waals surface area contributed by atoms with E-state index in [4.69, 9.17) is 16.4 Å². The summed E-state index contributed by atoms with van der Waals surface area (Å²) >= 11 is 7.20. The summed E-state index contributed by atoms with van der Waals surface area (Å²) in [4.78, 5) is 17.4. The summed E-state index contributed by atoms with van der Waals surface area (Å²) in [6, 6.07) is 11.4. The second kappa shape index (κ2) is 7.07. The van der Waals surface area contributed by atoms with E-state index in [1.165, 1.54) is 17.6 Å². The Morgan fingerprint density at radius 3 is 2.79 bits per heavy atom. The van der Waals surface area contributed by atoms with Crippen molar-refractivity contribution in [3.05, 3.63) is 57.2 Å². The van der Waals surface area contributed by atoms with Crippen molar-refractivity contribution in [2.45, 2.75) is 13.0 Å². The Hall–Kier alpha value is -1.65. The van der Waals surface area contributed by atoms with Gasteiger partial charge in [0.05, 0.1) is 22.5 Å². The molecule has 0 atom stereocenters. The second-order valence-electron chi connectivity index (χ2n) is 3.77. The SMILES string of the molecule is O=C(CC=NOCc1ccccc1)c1sccc1Cl. The molecular weight excluding hydrogens is 282 g/mol. The number of halogens is 1. The number of rotatable bonds is 6. The Morgan fingerprint density at radius 1 is 1.32 bits per heavy atom. The molecule has 1 aromatic carbocycles. The van der Waals surface area contributed by atoms with Crippen molar-refractivity contribution in [2.75, 3.05) is 0 Å². The molecule has 0 N–H and O–H groups in total. The second-order valence-corrected chi connectivity index (χ2v) is 5.10. The number of thiophene rings is 1. The smallest absolute Gasteiger partial charge is 0.179 e. The first-order valence-corrected chi connectivity index (χ1v) is 6.97. The summed E-state index contributed by atoms with van der Waals surface area (Å²) in [6.45, 7) is 0.394. The third-order valence-electron chi connectivity index (χ3n) is 2.37. The van der Waals surface area contributed by atoms with Crippen LogP contribution in [0.4, 0.5) is 0 Å². The number of benzene rings is 1. The average molecular weight is 294 g/mol. The van der Waals surface area contributed by atoms with Gasteiger partial charge in [-0.15, -0.1) is 11.3 Å². The van der Waals surface area contributed by atoms with Crippen LogP contribution >= 0.6 is 22.9 Å². The number of ketones is 1. The van der Waals surface area contributed by atoms with Crippen molar-refractivity contribution in [1.82, 2.24) is 0 Å². The van der Waals surface area contributed by atoms with Gasteiger partial charge >= 0.3 is 0 Å². The van der Waals surface area contributed by atoms with Gasteiger partial charge in [-0.2, -0.15) is 0 Å². The average Bonchev–Trinajstić information content (AvgIpc) is 2.86. The molecule has 0 aliphatic heterocycles. The summed E-state index contributed by atoms with van der Waals surface area (Å²) < 4.78 is 0. The van der Waals surface area contributed by atoms with Crippen molar-refractivity contribution in [3.63, 3.8) is 0 Å². The summed E-state index contributed by atoms with van der Waals surface area (Å²) in [7, 11) is 0. The van der Waals surface area contributed by atoms with Gasteiger partial charge in [0.25, 0.3) is 0 Å². The molecule has 0 spiro atoms. The number of nitrogens with zero attached hydrogens (tertiary/aromatic N) is 1. The molecule has 0 saturated carbocycles. The molecule has 3 nitrogen and oxygen atoms in total. The molecule has 0 fully saturated rings. The van der Waals surface area contributed by atoms with Crippen LogP contribution in [0.2, 0.25) is 5.02 Å². The number of carbonyl (C=O) groups excluding carboxylic acids is 1. The standard InChI is InChI=1S/C14H12ClNO2S/c15-12-7-9-19-14(12)13(17)6-8-16-18-10-11-4-2-1-3-5-11/h1-5,7-9H,6,10H2. The summed E-state index contributed by atoms with van der Waals surface area (Å²) in [5, 5.41) is 6.05. The molecule has 2 aromatic rings. The highest BCUT2D eigenvalue weighted by atomic mass is 35.5. The van der Waals surface area contributed by atoms with Crippen LogP contribution in [0.25, 0.3) is 0 Å². The van der Waals surface area contributed by atoms with Gasteiger partial charge in [-0.25, -0.2) is 0 Å². The highest BCUT2D eigenvalue weighted by Gasteiger charge is 2.10. The Balaban J connectivity index is 1.75. The van der Waals surface area contributed by atoms with Crippen LogP contribution in [0.1, 0.15) is 21.7 Å². The Kier molecular flexibility index (Phi) is 5.12. The molecular formula is C14H12ClNO2S. The van der Waals surface area contributed by atoms with Gasteiger partial charge < -0.3 is 4.84 Å². The fourth-order valence-corrected chi connectivity index (χ4v) is 2.56. The van der Waals surface area contributed by atoms with E-state index in [-0.39, 0.29) is 12.2 Å². The molecule has 0 radical (unpaired) electrons. The van der Waals surface area contributed by atoms with E-state index in [1.54, 1.807) is 11.4 Å². The maximum Gasteiger partial charge on any atom is 0.179 e. The minimum absolute atomic E-state index is 0.0490. The lowest BCUT2D eigenvalue weighted by Gasteiger charge is -1.98. The first-order chi connectivity index (χ1) is 9.27. The van der Waals surface area contributed by atoms with Crippen LogP contribution < -0.4 is 0 Å². The molecule has 0 saturated heterocycles. The van der Waals surface area contributed by atoms with Gasteiger partial charge in [-0.1, -0.05) is 47.1 Å². The predicted molar refractivity (Wildman–Crippen MR) is 78.0 cm³/mol. The van der Waals surface area contributed by atoms with E-state index in [2.05, 4.69) is 5.16 Å². The zero-order valence-corrected chi connectivity index (χ0v) is 11.7. The molecule has 1 heterocycles. The lowest BCUT2D eigenvalue weighted by Crippen LogP contribution is -1.97. The van der Waals surface area contributed by atoms with Gasteiger partial charge in [0.2, 0.25) is 0 Å². The van der Waals surface area contributed by atoms with Crippen LogP contribution in [0.3, 0.4) is 0 Å². The van der Waals surface area contributed by atoms with Gasteiger partial charge in [0.15, 0.2) is 5.78 Å². The predicted octanol–water partition coefficient (Wildman–Crippen LogP) is 4.18. The lowest BCUT2D eigenvalue weighted by molar-refractivity contribution is 0.1000. The number of carbonyl (C=O) groups is 1. The lowest BCUT2D eigenvalue weighted by atomic mass is 10.2. The third kappa shape index (κ3) is 4.19. The quantitative estimate of drug-likeness (QED) is 0.455. The number of oxime groups is 1. The normalized spacial score (nSPS) is 10.8. The van der Waals surface area contributed by atoms with E-state index in [1.807, 2.05) is 30.3 Å². The minimum Gasteiger partial charge on any atom is -0.391 e. The number of Topliss-reactive ketones (excluding diaryl/α,β-unsaturated/α-hetero) is 1. The fourth-order valence-electron chi connectivity index (χ4n) is 1.44. The van der Waals surface area contributed by atoms with Crippen LogP contribution in [0, 0.1) is 0 Å².